The summed E-state index contributed by atoms with van der Waals surface area (Å²) in [5.41, 5.74) is 1.27. The van der Waals surface area contributed by atoms with E-state index >= 15 is 0 Å². The number of hydrogen-bond donors (Lipinski definition) is 1. The van der Waals surface area contributed by atoms with Gasteiger partial charge in [0.1, 0.15) is 5.76 Å². The van der Waals surface area contributed by atoms with Gasteiger partial charge in [-0.3, -0.25) is 4.90 Å². The summed E-state index contributed by atoms with van der Waals surface area (Å²) in [6.07, 6.45) is 5.88. The van der Waals surface area contributed by atoms with Crippen molar-refractivity contribution in [3.63, 3.8) is 0 Å². The van der Waals surface area contributed by atoms with Crippen LogP contribution in [-0.2, 0) is 17.8 Å². The number of nitrogens with zero attached hydrogens (tertiary/aromatic N) is 1. The fourth-order valence-electron chi connectivity index (χ4n) is 2.77. The quantitative estimate of drug-likeness (QED) is 0.800. The van der Waals surface area contributed by atoms with Crippen LogP contribution < -0.4 is 5.32 Å². The van der Waals surface area contributed by atoms with Crippen LogP contribution >= 0.6 is 0 Å². The van der Waals surface area contributed by atoms with Crippen molar-refractivity contribution in [2.24, 2.45) is 5.92 Å². The maximum absolute atomic E-state index is 5.80. The molecule has 4 nitrogen and oxygen atoms in total. The fraction of sp³-hybridized carbons (Fsp3) is 0.765. The first-order valence-electron chi connectivity index (χ1n) is 8.21. The topological polar surface area (TPSA) is 37.6 Å². The molecule has 0 spiro atoms. The van der Waals surface area contributed by atoms with Gasteiger partial charge >= 0.3 is 0 Å². The Hall–Kier alpha value is -0.840. The second kappa shape index (κ2) is 8.57. The highest BCUT2D eigenvalue weighted by molar-refractivity contribution is 5.16. The lowest BCUT2D eigenvalue weighted by atomic mass is 10.1. The Labute approximate surface area is 128 Å². The van der Waals surface area contributed by atoms with Gasteiger partial charge in [-0.25, -0.2) is 0 Å². The Morgan fingerprint density at radius 2 is 2.24 bits per heavy atom. The summed E-state index contributed by atoms with van der Waals surface area (Å²) in [7, 11) is 2.14. The lowest BCUT2D eigenvalue weighted by Gasteiger charge is -2.27. The van der Waals surface area contributed by atoms with Gasteiger partial charge in [-0.15, -0.1) is 0 Å². The molecule has 2 heterocycles. The van der Waals surface area contributed by atoms with Crippen molar-refractivity contribution in [1.82, 2.24) is 10.2 Å². The van der Waals surface area contributed by atoms with Gasteiger partial charge in [-0.2, -0.15) is 0 Å². The second-order valence-electron chi connectivity index (χ2n) is 6.58. The highest BCUT2D eigenvalue weighted by atomic mass is 16.5. The van der Waals surface area contributed by atoms with Gasteiger partial charge in [0.05, 0.1) is 18.9 Å². The molecule has 0 aliphatic carbocycles. The zero-order chi connectivity index (χ0) is 15.1. The van der Waals surface area contributed by atoms with E-state index in [4.69, 9.17) is 9.15 Å². The molecule has 0 radical (unpaired) electrons. The Morgan fingerprint density at radius 3 is 2.95 bits per heavy atom. The second-order valence-corrected chi connectivity index (χ2v) is 6.58. The van der Waals surface area contributed by atoms with Gasteiger partial charge in [0.2, 0.25) is 0 Å². The van der Waals surface area contributed by atoms with E-state index in [0.717, 1.165) is 38.5 Å². The van der Waals surface area contributed by atoms with Crippen molar-refractivity contribution in [3.05, 3.63) is 23.7 Å². The average Bonchev–Trinajstić information content (AvgIpc) is 2.87. The molecule has 1 aromatic rings. The first-order chi connectivity index (χ1) is 10.1. The van der Waals surface area contributed by atoms with E-state index in [2.05, 4.69) is 37.2 Å². The molecule has 0 saturated carbocycles. The molecule has 0 aromatic carbocycles. The van der Waals surface area contributed by atoms with Crippen LogP contribution in [0.4, 0.5) is 0 Å². The summed E-state index contributed by atoms with van der Waals surface area (Å²) in [5, 5.41) is 3.48. The van der Waals surface area contributed by atoms with Crippen molar-refractivity contribution < 1.29 is 9.15 Å². The molecule has 0 amide bonds. The summed E-state index contributed by atoms with van der Waals surface area (Å²) in [6, 6.07) is 2.08. The Bertz CT molecular complexity index is 397. The smallest absolute Gasteiger partial charge is 0.122 e. The molecule has 1 saturated heterocycles. The number of likely N-dealkylation sites (N-methyl/N-ethyl adjacent to an activating group) is 1. The maximum Gasteiger partial charge on any atom is 0.122 e. The average molecular weight is 294 g/mol. The lowest BCUT2D eigenvalue weighted by Crippen LogP contribution is -2.33. The van der Waals surface area contributed by atoms with E-state index in [1.54, 1.807) is 6.26 Å². The summed E-state index contributed by atoms with van der Waals surface area (Å²) in [5.74, 6) is 1.75. The molecule has 1 aliphatic rings. The van der Waals surface area contributed by atoms with Crippen LogP contribution in [0.2, 0.25) is 0 Å². The van der Waals surface area contributed by atoms with E-state index < -0.39 is 0 Å². The standard InChI is InChI=1S/C17H30N2O2/c1-14(2)10-18-11-15-7-9-21-17(15)13-19(3)12-16-6-4-5-8-20-16/h7,9,14,16,18H,4-6,8,10-13H2,1-3H3. The fourth-order valence-corrected chi connectivity index (χ4v) is 2.77. The third-order valence-electron chi connectivity index (χ3n) is 3.91. The highest BCUT2D eigenvalue weighted by Crippen LogP contribution is 2.16. The monoisotopic (exact) mass is 294 g/mol. The van der Waals surface area contributed by atoms with Gasteiger partial charge in [0.25, 0.3) is 0 Å². The van der Waals surface area contributed by atoms with Crippen LogP contribution in [0.25, 0.3) is 0 Å². The maximum atomic E-state index is 5.80. The van der Waals surface area contributed by atoms with Gasteiger partial charge in [-0.1, -0.05) is 13.8 Å². The highest BCUT2D eigenvalue weighted by Gasteiger charge is 2.17. The number of hydrogen-bond acceptors (Lipinski definition) is 4. The zero-order valence-corrected chi connectivity index (χ0v) is 13.7. The lowest BCUT2D eigenvalue weighted by molar-refractivity contribution is -0.00343. The van der Waals surface area contributed by atoms with Crippen molar-refractivity contribution in [2.45, 2.75) is 52.3 Å². The minimum absolute atomic E-state index is 0.390. The molecule has 1 atom stereocenters. The van der Waals surface area contributed by atoms with E-state index in [-0.39, 0.29) is 0 Å². The van der Waals surface area contributed by atoms with Crippen LogP contribution in [0.3, 0.4) is 0 Å². The molecule has 1 aromatic heterocycles. The SMILES string of the molecule is CC(C)CNCc1ccoc1CN(C)CC1CCCCO1. The molecular formula is C17H30N2O2. The molecule has 120 valence electrons. The Morgan fingerprint density at radius 1 is 1.38 bits per heavy atom. The minimum Gasteiger partial charge on any atom is -0.468 e. The van der Waals surface area contributed by atoms with Crippen LogP contribution in [0.15, 0.2) is 16.7 Å². The largest absolute Gasteiger partial charge is 0.468 e. The summed E-state index contributed by atoms with van der Waals surface area (Å²) in [4.78, 5) is 2.31. The molecule has 21 heavy (non-hydrogen) atoms. The third kappa shape index (κ3) is 5.81. The predicted octanol–water partition coefficient (Wildman–Crippen LogP) is 3.03. The van der Waals surface area contributed by atoms with Crippen molar-refractivity contribution >= 4 is 0 Å². The normalized spacial score (nSPS) is 19.6. The zero-order valence-electron chi connectivity index (χ0n) is 13.7. The predicted molar refractivity (Wildman–Crippen MR) is 85.2 cm³/mol. The summed E-state index contributed by atoms with van der Waals surface area (Å²) in [6.45, 7) is 9.13. The molecule has 1 aliphatic heterocycles. The first-order valence-corrected chi connectivity index (χ1v) is 8.21. The van der Waals surface area contributed by atoms with E-state index in [1.165, 1.54) is 24.8 Å². The number of rotatable bonds is 8. The molecule has 1 fully saturated rings. The van der Waals surface area contributed by atoms with Crippen LogP contribution in [0.5, 0.6) is 0 Å². The molecule has 2 rings (SSSR count). The third-order valence-corrected chi connectivity index (χ3v) is 3.91. The number of ether oxygens (including phenoxy) is 1. The van der Waals surface area contributed by atoms with Crippen LogP contribution in [-0.4, -0.2) is 37.7 Å². The molecule has 1 unspecified atom stereocenters. The van der Waals surface area contributed by atoms with Gasteiger partial charge in [-0.05, 0) is 44.8 Å². The summed E-state index contributed by atoms with van der Waals surface area (Å²) >= 11 is 0. The Balaban J connectivity index is 1.77. The van der Waals surface area contributed by atoms with E-state index in [1.807, 2.05) is 0 Å². The van der Waals surface area contributed by atoms with E-state index in [9.17, 15) is 0 Å². The van der Waals surface area contributed by atoms with Gasteiger partial charge < -0.3 is 14.5 Å². The van der Waals surface area contributed by atoms with Gasteiger partial charge in [0, 0.05) is 25.3 Å². The van der Waals surface area contributed by atoms with Gasteiger partial charge in [0.15, 0.2) is 0 Å². The molecule has 0 bridgehead atoms. The van der Waals surface area contributed by atoms with Crippen LogP contribution in [0, 0.1) is 5.92 Å². The number of furan rings is 1. The van der Waals surface area contributed by atoms with Crippen molar-refractivity contribution in [2.75, 3.05) is 26.7 Å². The van der Waals surface area contributed by atoms with Crippen molar-refractivity contribution in [1.29, 1.82) is 0 Å². The summed E-state index contributed by atoms with van der Waals surface area (Å²) < 4.78 is 11.5. The van der Waals surface area contributed by atoms with Crippen molar-refractivity contribution in [3.8, 4) is 0 Å². The van der Waals surface area contributed by atoms with Crippen LogP contribution in [0.1, 0.15) is 44.4 Å². The number of nitrogens with one attached hydrogen (secondary N) is 1. The molecule has 1 N–H and O–H groups in total. The van der Waals surface area contributed by atoms with E-state index in [0.29, 0.717) is 12.0 Å². The first kappa shape index (κ1) is 16.5. The molecular weight excluding hydrogens is 264 g/mol. The minimum atomic E-state index is 0.390. The Kier molecular flexibility index (Phi) is 6.74. The molecule has 4 heteroatoms.